The summed E-state index contributed by atoms with van der Waals surface area (Å²) in [6.45, 7) is 5.23. The average Bonchev–Trinajstić information content (AvgIpc) is 2.26. The lowest BCUT2D eigenvalue weighted by molar-refractivity contribution is -0.137. The van der Waals surface area contributed by atoms with Crippen LogP contribution in [0.3, 0.4) is 0 Å². The first-order chi connectivity index (χ1) is 7.61. The number of ether oxygens (including phenoxy) is 1. The van der Waals surface area contributed by atoms with Gasteiger partial charge in [-0.2, -0.15) is 0 Å². The number of para-hydroxylation sites is 1. The van der Waals surface area contributed by atoms with Crippen molar-refractivity contribution in [2.75, 3.05) is 6.61 Å². The van der Waals surface area contributed by atoms with Gasteiger partial charge in [0.1, 0.15) is 12.4 Å². The Hall–Kier alpha value is -2.03. The standard InChI is InChI=1S/C13H14O3/c1-10(2)13(15)16-9-5-7-11-6-3-4-8-12(11)14/h3-8,14H,1,9H2,2H3/b7-5+. The zero-order valence-electron chi connectivity index (χ0n) is 9.14. The number of carbonyl (C=O) groups excluding carboxylic acids is 1. The number of rotatable bonds is 4. The van der Waals surface area contributed by atoms with E-state index in [1.165, 1.54) is 0 Å². The quantitative estimate of drug-likeness (QED) is 0.624. The molecule has 1 rings (SSSR count). The number of esters is 1. The Morgan fingerprint density at radius 1 is 1.50 bits per heavy atom. The molecule has 0 spiro atoms. The molecule has 0 atom stereocenters. The summed E-state index contributed by atoms with van der Waals surface area (Å²) >= 11 is 0. The molecule has 16 heavy (non-hydrogen) atoms. The fraction of sp³-hybridized carbons (Fsp3) is 0.154. The van der Waals surface area contributed by atoms with Gasteiger partial charge in [0.25, 0.3) is 0 Å². The Labute approximate surface area is 94.7 Å². The number of hydrogen-bond donors (Lipinski definition) is 1. The minimum atomic E-state index is -0.415. The zero-order chi connectivity index (χ0) is 12.0. The van der Waals surface area contributed by atoms with Gasteiger partial charge < -0.3 is 9.84 Å². The number of carbonyl (C=O) groups is 1. The lowest BCUT2D eigenvalue weighted by Gasteiger charge is -2.00. The largest absolute Gasteiger partial charge is 0.507 e. The highest BCUT2D eigenvalue weighted by Gasteiger charge is 2.00. The van der Waals surface area contributed by atoms with Crippen LogP contribution in [0.4, 0.5) is 0 Å². The lowest BCUT2D eigenvalue weighted by Crippen LogP contribution is -2.04. The third-order valence-corrected chi connectivity index (χ3v) is 1.89. The highest BCUT2D eigenvalue weighted by Crippen LogP contribution is 2.16. The number of phenolic OH excluding ortho intramolecular Hbond substituents is 1. The minimum absolute atomic E-state index is 0.167. The van der Waals surface area contributed by atoms with E-state index in [2.05, 4.69) is 6.58 Å². The Morgan fingerprint density at radius 2 is 2.19 bits per heavy atom. The van der Waals surface area contributed by atoms with Crippen LogP contribution in [-0.4, -0.2) is 17.7 Å². The van der Waals surface area contributed by atoms with Crippen molar-refractivity contribution in [1.29, 1.82) is 0 Å². The van der Waals surface area contributed by atoms with Crippen molar-refractivity contribution < 1.29 is 14.6 Å². The smallest absolute Gasteiger partial charge is 0.333 e. The number of hydrogen-bond acceptors (Lipinski definition) is 3. The van der Waals surface area contributed by atoms with E-state index in [4.69, 9.17) is 4.74 Å². The van der Waals surface area contributed by atoms with E-state index in [9.17, 15) is 9.90 Å². The van der Waals surface area contributed by atoms with Gasteiger partial charge in [-0.15, -0.1) is 0 Å². The highest BCUT2D eigenvalue weighted by atomic mass is 16.5. The first kappa shape index (κ1) is 12.0. The fourth-order valence-electron chi connectivity index (χ4n) is 1.05. The maximum absolute atomic E-state index is 11.0. The first-order valence-corrected chi connectivity index (χ1v) is 4.88. The monoisotopic (exact) mass is 218 g/mol. The van der Waals surface area contributed by atoms with Crippen LogP contribution in [0, 0.1) is 0 Å². The molecule has 0 saturated carbocycles. The predicted octanol–water partition coefficient (Wildman–Crippen LogP) is 2.52. The molecule has 0 bridgehead atoms. The van der Waals surface area contributed by atoms with Gasteiger partial charge in [-0.25, -0.2) is 4.79 Å². The van der Waals surface area contributed by atoms with Crippen LogP contribution in [0.2, 0.25) is 0 Å². The summed E-state index contributed by atoms with van der Waals surface area (Å²) in [6.07, 6.45) is 3.36. The van der Waals surface area contributed by atoms with E-state index >= 15 is 0 Å². The molecule has 0 heterocycles. The van der Waals surface area contributed by atoms with Gasteiger partial charge in [-0.05, 0) is 19.1 Å². The van der Waals surface area contributed by atoms with Crippen LogP contribution < -0.4 is 0 Å². The van der Waals surface area contributed by atoms with Crippen LogP contribution >= 0.6 is 0 Å². The van der Waals surface area contributed by atoms with Crippen LogP contribution in [0.15, 0.2) is 42.5 Å². The van der Waals surface area contributed by atoms with Gasteiger partial charge in [0, 0.05) is 11.1 Å². The minimum Gasteiger partial charge on any atom is -0.507 e. The second-order valence-corrected chi connectivity index (χ2v) is 3.34. The highest BCUT2D eigenvalue weighted by molar-refractivity contribution is 5.87. The van der Waals surface area contributed by atoms with E-state index < -0.39 is 5.97 Å². The molecule has 3 nitrogen and oxygen atoms in total. The molecule has 0 aliphatic heterocycles. The molecule has 0 amide bonds. The fourth-order valence-corrected chi connectivity index (χ4v) is 1.05. The SMILES string of the molecule is C=C(C)C(=O)OC/C=C/c1ccccc1O. The van der Waals surface area contributed by atoms with Crippen molar-refractivity contribution in [3.05, 3.63) is 48.1 Å². The van der Waals surface area contributed by atoms with Gasteiger partial charge >= 0.3 is 5.97 Å². The summed E-state index contributed by atoms with van der Waals surface area (Å²) in [5.74, 6) is -0.216. The van der Waals surface area contributed by atoms with E-state index in [1.54, 1.807) is 37.3 Å². The third kappa shape index (κ3) is 3.61. The van der Waals surface area contributed by atoms with E-state index in [0.29, 0.717) is 11.1 Å². The molecule has 3 heteroatoms. The van der Waals surface area contributed by atoms with Crippen molar-refractivity contribution in [2.45, 2.75) is 6.92 Å². The normalized spacial score (nSPS) is 10.3. The summed E-state index contributed by atoms with van der Waals surface area (Å²) in [5, 5.41) is 9.43. The molecule has 0 aliphatic carbocycles. The second kappa shape index (κ2) is 5.75. The third-order valence-electron chi connectivity index (χ3n) is 1.89. The molecule has 0 aromatic heterocycles. The van der Waals surface area contributed by atoms with Gasteiger partial charge in [0.15, 0.2) is 0 Å². The van der Waals surface area contributed by atoms with E-state index in [1.807, 2.05) is 6.07 Å². The summed E-state index contributed by atoms with van der Waals surface area (Å²) in [7, 11) is 0. The van der Waals surface area contributed by atoms with Gasteiger partial charge in [0.2, 0.25) is 0 Å². The molecular weight excluding hydrogens is 204 g/mol. The topological polar surface area (TPSA) is 46.5 Å². The van der Waals surface area contributed by atoms with Crippen molar-refractivity contribution in [2.24, 2.45) is 0 Å². The van der Waals surface area contributed by atoms with Crippen LogP contribution in [0.5, 0.6) is 5.75 Å². The summed E-state index contributed by atoms with van der Waals surface area (Å²) < 4.78 is 4.86. The maximum Gasteiger partial charge on any atom is 0.333 e. The van der Waals surface area contributed by atoms with Crippen LogP contribution in [0.25, 0.3) is 6.08 Å². The average molecular weight is 218 g/mol. The van der Waals surface area contributed by atoms with E-state index in [0.717, 1.165) is 0 Å². The lowest BCUT2D eigenvalue weighted by atomic mass is 10.2. The summed E-state index contributed by atoms with van der Waals surface area (Å²) in [5.41, 5.74) is 1.06. The van der Waals surface area contributed by atoms with Crippen molar-refractivity contribution in [3.63, 3.8) is 0 Å². The molecule has 1 aromatic carbocycles. The van der Waals surface area contributed by atoms with Gasteiger partial charge in [-0.1, -0.05) is 30.9 Å². The van der Waals surface area contributed by atoms with Crippen molar-refractivity contribution in [1.82, 2.24) is 0 Å². The molecule has 0 radical (unpaired) electrons. The van der Waals surface area contributed by atoms with Gasteiger partial charge in [-0.3, -0.25) is 0 Å². The van der Waals surface area contributed by atoms with Crippen LogP contribution in [0.1, 0.15) is 12.5 Å². The van der Waals surface area contributed by atoms with Crippen LogP contribution in [-0.2, 0) is 9.53 Å². The molecule has 1 aromatic rings. The zero-order valence-corrected chi connectivity index (χ0v) is 9.14. The maximum atomic E-state index is 11.0. The molecular formula is C13H14O3. The van der Waals surface area contributed by atoms with Crippen molar-refractivity contribution in [3.8, 4) is 5.75 Å². The Bertz CT molecular complexity index is 419. The molecule has 0 saturated heterocycles. The molecule has 1 N–H and O–H groups in total. The summed E-state index contributed by atoms with van der Waals surface area (Å²) in [6, 6.07) is 6.93. The molecule has 0 unspecified atom stereocenters. The first-order valence-electron chi connectivity index (χ1n) is 4.88. The molecule has 0 fully saturated rings. The Morgan fingerprint density at radius 3 is 2.81 bits per heavy atom. The van der Waals surface area contributed by atoms with Gasteiger partial charge in [0.05, 0.1) is 0 Å². The number of phenols is 1. The van der Waals surface area contributed by atoms with Crippen molar-refractivity contribution >= 4 is 12.0 Å². The molecule has 0 aliphatic rings. The number of benzene rings is 1. The summed E-state index contributed by atoms with van der Waals surface area (Å²) in [4.78, 5) is 11.0. The number of aromatic hydroxyl groups is 1. The molecule has 84 valence electrons. The second-order valence-electron chi connectivity index (χ2n) is 3.34. The Balaban J connectivity index is 2.47. The Kier molecular flexibility index (Phi) is 4.33. The van der Waals surface area contributed by atoms with E-state index in [-0.39, 0.29) is 12.4 Å². The predicted molar refractivity (Wildman–Crippen MR) is 62.9 cm³/mol.